The number of hydrogen-bond donors (Lipinski definition) is 2. The average molecular weight is 378 g/mol. The lowest BCUT2D eigenvalue weighted by Crippen LogP contribution is -2.40. The summed E-state index contributed by atoms with van der Waals surface area (Å²) in [6.45, 7) is 3.56. The normalized spacial score (nSPS) is 11.7. The van der Waals surface area contributed by atoms with E-state index in [9.17, 15) is 13.2 Å². The molecule has 21 heavy (non-hydrogen) atoms. The minimum atomic E-state index is -3.78. The van der Waals surface area contributed by atoms with Crippen LogP contribution in [0.25, 0.3) is 0 Å². The highest BCUT2D eigenvalue weighted by Crippen LogP contribution is 2.28. The summed E-state index contributed by atoms with van der Waals surface area (Å²) in [6.07, 6.45) is 0.610. The molecule has 0 radical (unpaired) electrons. The number of likely N-dealkylation sites (N-methyl/N-ethyl adjacent to an activating group) is 1. The Kier molecular flexibility index (Phi) is 6.18. The number of anilines is 1. The fourth-order valence-corrected chi connectivity index (χ4v) is 4.25. The number of nitrogens with zero attached hydrogens (tertiary/aromatic N) is 1. The summed E-state index contributed by atoms with van der Waals surface area (Å²) in [4.78, 5) is 11.7. The van der Waals surface area contributed by atoms with Crippen LogP contribution in [0.1, 0.15) is 18.9 Å². The number of hydrogen-bond acceptors (Lipinski definition) is 4. The van der Waals surface area contributed by atoms with Gasteiger partial charge < -0.3 is 11.1 Å². The summed E-state index contributed by atoms with van der Waals surface area (Å²) in [6, 6.07) is 3.16. The minimum absolute atomic E-state index is 0.117. The fraction of sp³-hybridized carbons (Fsp3) is 0.462. The first-order chi connectivity index (χ1) is 9.73. The third-order valence-corrected chi connectivity index (χ3v) is 5.48. The molecule has 1 amide bonds. The van der Waals surface area contributed by atoms with E-state index in [-0.39, 0.29) is 23.9 Å². The Morgan fingerprint density at radius 2 is 2.05 bits per heavy atom. The molecule has 0 aromatic heterocycles. The summed E-state index contributed by atoms with van der Waals surface area (Å²) < 4.78 is 27.3. The number of carbonyl (C=O) groups is 1. The molecule has 1 aromatic carbocycles. The highest BCUT2D eigenvalue weighted by atomic mass is 79.9. The van der Waals surface area contributed by atoms with Crippen molar-refractivity contribution in [3.8, 4) is 0 Å². The van der Waals surface area contributed by atoms with E-state index in [1.165, 1.54) is 17.4 Å². The molecule has 6 nitrogen and oxygen atoms in total. The van der Waals surface area contributed by atoms with Crippen LogP contribution < -0.4 is 11.1 Å². The number of sulfonamides is 1. The molecule has 0 spiro atoms. The molecule has 0 atom stereocenters. The first-order valence-electron chi connectivity index (χ1n) is 6.50. The van der Waals surface area contributed by atoms with Crippen LogP contribution in [0.15, 0.2) is 21.5 Å². The van der Waals surface area contributed by atoms with Gasteiger partial charge in [-0.15, -0.1) is 0 Å². The number of rotatable bonds is 6. The molecule has 0 saturated heterocycles. The number of nitrogens with two attached hydrogens (primary N) is 1. The van der Waals surface area contributed by atoms with Crippen molar-refractivity contribution >= 4 is 37.5 Å². The van der Waals surface area contributed by atoms with Crippen LogP contribution in [0.4, 0.5) is 5.69 Å². The van der Waals surface area contributed by atoms with Crippen LogP contribution in [-0.4, -0.2) is 38.8 Å². The molecule has 1 rings (SSSR count). The Morgan fingerprint density at radius 1 is 1.43 bits per heavy atom. The van der Waals surface area contributed by atoms with Crippen LogP contribution in [0.5, 0.6) is 0 Å². The van der Waals surface area contributed by atoms with Gasteiger partial charge in [-0.2, -0.15) is 4.31 Å². The van der Waals surface area contributed by atoms with Crippen molar-refractivity contribution < 1.29 is 13.2 Å². The number of halogens is 1. The zero-order valence-corrected chi connectivity index (χ0v) is 14.7. The molecule has 0 bridgehead atoms. The summed E-state index contributed by atoms with van der Waals surface area (Å²) in [5.41, 5.74) is 6.70. The monoisotopic (exact) mass is 377 g/mol. The maximum Gasteiger partial charge on any atom is 0.243 e. The van der Waals surface area contributed by atoms with E-state index in [2.05, 4.69) is 21.2 Å². The first-order valence-corrected chi connectivity index (χ1v) is 8.73. The number of nitrogens with one attached hydrogen (secondary N) is 1. The maximum atomic E-state index is 12.8. The third kappa shape index (κ3) is 4.18. The number of carbonyl (C=O) groups excluding carboxylic acids is 1. The van der Waals surface area contributed by atoms with Gasteiger partial charge in [0, 0.05) is 23.8 Å². The van der Waals surface area contributed by atoms with Gasteiger partial charge in [0.15, 0.2) is 0 Å². The van der Waals surface area contributed by atoms with Crippen molar-refractivity contribution in [3.05, 3.63) is 22.2 Å². The predicted molar refractivity (Wildman–Crippen MR) is 86.4 cm³/mol. The highest BCUT2D eigenvalue weighted by Gasteiger charge is 2.28. The molecule has 0 unspecified atom stereocenters. The maximum absolute atomic E-state index is 12.8. The Labute approximate surface area is 133 Å². The van der Waals surface area contributed by atoms with E-state index in [1.54, 1.807) is 13.0 Å². The van der Waals surface area contributed by atoms with Gasteiger partial charge in [-0.1, -0.05) is 22.9 Å². The molecule has 0 heterocycles. The largest absolute Gasteiger partial charge is 0.398 e. The van der Waals surface area contributed by atoms with Crippen LogP contribution in [0.2, 0.25) is 0 Å². The Bertz CT molecular complexity index is 632. The van der Waals surface area contributed by atoms with Gasteiger partial charge in [0.25, 0.3) is 0 Å². The summed E-state index contributed by atoms with van der Waals surface area (Å²) in [5, 5.41) is 2.44. The molecule has 0 aliphatic carbocycles. The van der Waals surface area contributed by atoms with E-state index >= 15 is 0 Å². The van der Waals surface area contributed by atoms with Crippen LogP contribution in [-0.2, 0) is 14.8 Å². The van der Waals surface area contributed by atoms with E-state index in [0.717, 1.165) is 0 Å². The summed E-state index contributed by atoms with van der Waals surface area (Å²) in [7, 11) is -2.31. The fourth-order valence-electron chi connectivity index (χ4n) is 1.85. The van der Waals surface area contributed by atoms with Gasteiger partial charge in [-0.05, 0) is 31.0 Å². The van der Waals surface area contributed by atoms with Crippen molar-refractivity contribution in [2.24, 2.45) is 0 Å². The third-order valence-electron chi connectivity index (χ3n) is 3.05. The second kappa shape index (κ2) is 7.24. The van der Waals surface area contributed by atoms with Crippen LogP contribution >= 0.6 is 15.9 Å². The Morgan fingerprint density at radius 3 is 2.57 bits per heavy atom. The molecule has 8 heteroatoms. The molecule has 0 aliphatic rings. The molecular weight excluding hydrogens is 358 g/mol. The predicted octanol–water partition coefficient (Wildman–Crippen LogP) is 1.49. The van der Waals surface area contributed by atoms with Gasteiger partial charge in [-0.25, -0.2) is 8.42 Å². The van der Waals surface area contributed by atoms with E-state index < -0.39 is 10.0 Å². The molecule has 0 aliphatic heterocycles. The second-order valence-electron chi connectivity index (χ2n) is 4.63. The molecule has 1 aromatic rings. The summed E-state index contributed by atoms with van der Waals surface area (Å²) >= 11 is 3.25. The zero-order chi connectivity index (χ0) is 16.2. The van der Waals surface area contributed by atoms with Crippen molar-refractivity contribution in [3.63, 3.8) is 0 Å². The standard InChI is InChI=1S/C13H20BrN3O3S/c1-4-5-17(8-13(18)16-3)21(19,20)12-7-10(14)6-11(15)9(12)2/h6-7H,4-5,8,15H2,1-3H3,(H,16,18). The lowest BCUT2D eigenvalue weighted by molar-refractivity contribution is -0.120. The van der Waals surface area contributed by atoms with E-state index in [4.69, 9.17) is 5.73 Å². The molecule has 3 N–H and O–H groups in total. The lowest BCUT2D eigenvalue weighted by Gasteiger charge is -2.22. The van der Waals surface area contributed by atoms with Crippen molar-refractivity contribution in [1.29, 1.82) is 0 Å². The topological polar surface area (TPSA) is 92.5 Å². The molecular formula is C13H20BrN3O3S. The van der Waals surface area contributed by atoms with Gasteiger partial charge in [0.1, 0.15) is 0 Å². The molecule has 0 fully saturated rings. The number of amides is 1. The van der Waals surface area contributed by atoms with Gasteiger partial charge in [0.05, 0.1) is 11.4 Å². The average Bonchev–Trinajstić information content (AvgIpc) is 2.41. The smallest absolute Gasteiger partial charge is 0.243 e. The first kappa shape index (κ1) is 17.9. The molecule has 118 valence electrons. The van der Waals surface area contributed by atoms with Gasteiger partial charge in [-0.3, -0.25) is 4.79 Å². The van der Waals surface area contributed by atoms with Crippen molar-refractivity contribution in [1.82, 2.24) is 9.62 Å². The van der Waals surface area contributed by atoms with Gasteiger partial charge >= 0.3 is 0 Å². The highest BCUT2D eigenvalue weighted by molar-refractivity contribution is 9.10. The van der Waals surface area contributed by atoms with Crippen molar-refractivity contribution in [2.45, 2.75) is 25.2 Å². The molecule has 0 saturated carbocycles. The zero-order valence-electron chi connectivity index (χ0n) is 12.3. The van der Waals surface area contributed by atoms with Crippen LogP contribution in [0, 0.1) is 6.92 Å². The minimum Gasteiger partial charge on any atom is -0.398 e. The quantitative estimate of drug-likeness (QED) is 0.734. The van der Waals surface area contributed by atoms with E-state index in [0.29, 0.717) is 22.1 Å². The number of benzene rings is 1. The lowest BCUT2D eigenvalue weighted by atomic mass is 10.2. The Balaban J connectivity index is 3.32. The van der Waals surface area contributed by atoms with Gasteiger partial charge in [0.2, 0.25) is 15.9 Å². The number of nitrogen functional groups attached to an aromatic ring is 1. The van der Waals surface area contributed by atoms with E-state index in [1.807, 2.05) is 6.92 Å². The SMILES string of the molecule is CCCN(CC(=O)NC)S(=O)(=O)c1cc(Br)cc(N)c1C. The van der Waals surface area contributed by atoms with Crippen molar-refractivity contribution in [2.75, 3.05) is 25.9 Å². The second-order valence-corrected chi connectivity index (χ2v) is 7.45. The Hall–Kier alpha value is -1.12. The van der Waals surface area contributed by atoms with Crippen LogP contribution in [0.3, 0.4) is 0 Å². The summed E-state index contributed by atoms with van der Waals surface area (Å²) in [5.74, 6) is -0.354.